The second-order valence-electron chi connectivity index (χ2n) is 4.21. The third-order valence-corrected chi connectivity index (χ3v) is 2.82. The van der Waals surface area contributed by atoms with E-state index in [2.05, 4.69) is 25.5 Å². The number of carbonyl (C=O) groups is 1. The smallest absolute Gasteiger partial charge is 0.261 e. The van der Waals surface area contributed by atoms with Crippen LogP contribution in [0.1, 0.15) is 16.2 Å². The molecule has 0 fully saturated rings. The fourth-order valence-electron chi connectivity index (χ4n) is 1.80. The predicted molar refractivity (Wildman–Crippen MR) is 72.3 cm³/mol. The first-order chi connectivity index (χ1) is 10.2. The van der Waals surface area contributed by atoms with Gasteiger partial charge in [-0.3, -0.25) is 14.7 Å². The summed E-state index contributed by atoms with van der Waals surface area (Å²) < 4.78 is 5.18. The van der Waals surface area contributed by atoms with Crippen LogP contribution in [0.2, 0.25) is 0 Å². The van der Waals surface area contributed by atoms with Crippen molar-refractivity contribution in [1.82, 2.24) is 25.5 Å². The zero-order valence-corrected chi connectivity index (χ0v) is 10.8. The zero-order valence-electron chi connectivity index (χ0n) is 10.8. The molecule has 0 aromatic carbocycles. The molecule has 3 aromatic rings. The Morgan fingerprint density at radius 2 is 2.24 bits per heavy atom. The molecule has 0 radical (unpaired) electrons. The maximum absolute atomic E-state index is 11.9. The normalized spacial score (nSPS) is 10.5. The van der Waals surface area contributed by atoms with Gasteiger partial charge < -0.3 is 14.7 Å². The molecule has 3 heterocycles. The van der Waals surface area contributed by atoms with Gasteiger partial charge in [0.1, 0.15) is 23.5 Å². The standard InChI is InChI=1S/C13H11N5O3/c19-12(14-6-11-15-7-16-18-11)8-3-4-9(17-13(8)20)10-2-1-5-21-10/h1-5,7H,6H2,(H,14,19)(H,17,20)(H,15,16,18). The van der Waals surface area contributed by atoms with Crippen molar-refractivity contribution in [2.75, 3.05) is 0 Å². The first-order valence-electron chi connectivity index (χ1n) is 6.13. The molecule has 1 amide bonds. The van der Waals surface area contributed by atoms with Gasteiger partial charge in [-0.25, -0.2) is 4.98 Å². The highest BCUT2D eigenvalue weighted by atomic mass is 16.3. The second kappa shape index (κ2) is 5.45. The molecule has 3 aromatic heterocycles. The monoisotopic (exact) mass is 285 g/mol. The third kappa shape index (κ3) is 2.73. The molecule has 0 saturated heterocycles. The molecule has 21 heavy (non-hydrogen) atoms. The molecule has 3 N–H and O–H groups in total. The van der Waals surface area contributed by atoms with Gasteiger partial charge in [0.2, 0.25) is 0 Å². The van der Waals surface area contributed by atoms with Gasteiger partial charge in [0.05, 0.1) is 18.5 Å². The lowest BCUT2D eigenvalue weighted by molar-refractivity contribution is 0.0948. The van der Waals surface area contributed by atoms with E-state index < -0.39 is 11.5 Å². The molecule has 8 nitrogen and oxygen atoms in total. The molecular weight excluding hydrogens is 274 g/mol. The summed E-state index contributed by atoms with van der Waals surface area (Å²) >= 11 is 0. The fraction of sp³-hybridized carbons (Fsp3) is 0.0769. The number of furan rings is 1. The molecule has 0 saturated carbocycles. The highest BCUT2D eigenvalue weighted by molar-refractivity contribution is 5.93. The summed E-state index contributed by atoms with van der Waals surface area (Å²) in [7, 11) is 0. The quantitative estimate of drug-likeness (QED) is 0.651. The van der Waals surface area contributed by atoms with E-state index in [9.17, 15) is 9.59 Å². The fourth-order valence-corrected chi connectivity index (χ4v) is 1.80. The van der Waals surface area contributed by atoms with Gasteiger partial charge in [-0.2, -0.15) is 5.10 Å². The number of pyridine rings is 1. The van der Waals surface area contributed by atoms with Crippen LogP contribution in [-0.4, -0.2) is 26.1 Å². The van der Waals surface area contributed by atoms with E-state index in [-0.39, 0.29) is 12.1 Å². The van der Waals surface area contributed by atoms with Crippen LogP contribution in [0, 0.1) is 0 Å². The summed E-state index contributed by atoms with van der Waals surface area (Å²) in [6.45, 7) is 0.165. The van der Waals surface area contributed by atoms with Crippen molar-refractivity contribution in [2.45, 2.75) is 6.54 Å². The van der Waals surface area contributed by atoms with Gasteiger partial charge in [-0.05, 0) is 24.3 Å². The highest BCUT2D eigenvalue weighted by Crippen LogP contribution is 2.15. The molecule has 0 bridgehead atoms. The molecule has 0 aliphatic carbocycles. The van der Waals surface area contributed by atoms with Crippen molar-refractivity contribution < 1.29 is 9.21 Å². The number of carbonyl (C=O) groups excluding carboxylic acids is 1. The summed E-state index contributed by atoms with van der Waals surface area (Å²) in [5.41, 5.74) is 0.0422. The van der Waals surface area contributed by atoms with Crippen molar-refractivity contribution in [2.24, 2.45) is 0 Å². The van der Waals surface area contributed by atoms with Crippen LogP contribution in [0.25, 0.3) is 11.5 Å². The van der Waals surface area contributed by atoms with E-state index in [1.165, 1.54) is 18.7 Å². The molecule has 0 aliphatic heterocycles. The van der Waals surface area contributed by atoms with Gasteiger partial charge in [-0.1, -0.05) is 0 Å². The largest absolute Gasteiger partial charge is 0.463 e. The molecule has 0 aliphatic rings. The van der Waals surface area contributed by atoms with Crippen LogP contribution in [0.5, 0.6) is 0 Å². The number of aromatic nitrogens is 4. The molecular formula is C13H11N5O3. The minimum atomic E-state index is -0.487. The lowest BCUT2D eigenvalue weighted by Crippen LogP contribution is -2.29. The Labute approximate surface area is 118 Å². The lowest BCUT2D eigenvalue weighted by Gasteiger charge is -2.03. The van der Waals surface area contributed by atoms with E-state index in [0.717, 1.165) is 0 Å². The van der Waals surface area contributed by atoms with Crippen LogP contribution >= 0.6 is 0 Å². The van der Waals surface area contributed by atoms with Crippen molar-refractivity contribution in [3.63, 3.8) is 0 Å². The Morgan fingerprint density at radius 3 is 2.90 bits per heavy atom. The Bertz CT molecular complexity index is 790. The summed E-state index contributed by atoms with van der Waals surface area (Å²) in [4.78, 5) is 30.4. The second-order valence-corrected chi connectivity index (χ2v) is 4.21. The first-order valence-corrected chi connectivity index (χ1v) is 6.13. The number of hydrogen-bond donors (Lipinski definition) is 3. The van der Waals surface area contributed by atoms with Crippen molar-refractivity contribution >= 4 is 5.91 Å². The Balaban J connectivity index is 1.76. The average Bonchev–Trinajstić information content (AvgIpc) is 3.18. The number of nitrogens with zero attached hydrogens (tertiary/aromatic N) is 2. The predicted octanol–water partition coefficient (Wildman–Crippen LogP) is 0.683. The van der Waals surface area contributed by atoms with Crippen molar-refractivity contribution in [3.8, 4) is 11.5 Å². The maximum Gasteiger partial charge on any atom is 0.261 e. The average molecular weight is 285 g/mol. The number of amides is 1. The van der Waals surface area contributed by atoms with Gasteiger partial charge in [0.25, 0.3) is 11.5 Å². The Morgan fingerprint density at radius 1 is 1.33 bits per heavy atom. The number of aromatic amines is 2. The van der Waals surface area contributed by atoms with Crippen LogP contribution < -0.4 is 10.9 Å². The zero-order chi connectivity index (χ0) is 14.7. The molecule has 3 rings (SSSR count). The topological polar surface area (TPSA) is 117 Å². The first kappa shape index (κ1) is 12.9. The summed E-state index contributed by atoms with van der Waals surface area (Å²) in [6.07, 6.45) is 2.85. The van der Waals surface area contributed by atoms with E-state index in [1.54, 1.807) is 18.2 Å². The third-order valence-electron chi connectivity index (χ3n) is 2.82. The Kier molecular flexibility index (Phi) is 3.34. The Hall–Kier alpha value is -3.16. The van der Waals surface area contributed by atoms with E-state index in [1.807, 2.05) is 0 Å². The van der Waals surface area contributed by atoms with Crippen molar-refractivity contribution in [1.29, 1.82) is 0 Å². The summed E-state index contributed by atoms with van der Waals surface area (Å²) in [6, 6.07) is 6.50. The van der Waals surface area contributed by atoms with Gasteiger partial charge in [-0.15, -0.1) is 0 Å². The van der Waals surface area contributed by atoms with Gasteiger partial charge >= 0.3 is 0 Å². The number of H-pyrrole nitrogens is 2. The molecule has 106 valence electrons. The SMILES string of the molecule is O=C(NCc1ncn[nH]1)c1ccc(-c2ccco2)[nH]c1=O. The van der Waals surface area contributed by atoms with E-state index in [0.29, 0.717) is 17.3 Å². The van der Waals surface area contributed by atoms with E-state index >= 15 is 0 Å². The molecule has 8 heteroatoms. The van der Waals surface area contributed by atoms with Crippen LogP contribution in [0.4, 0.5) is 0 Å². The highest BCUT2D eigenvalue weighted by Gasteiger charge is 2.12. The lowest BCUT2D eigenvalue weighted by atomic mass is 10.2. The molecule has 0 atom stereocenters. The maximum atomic E-state index is 11.9. The number of nitrogens with one attached hydrogen (secondary N) is 3. The molecule has 0 unspecified atom stereocenters. The van der Waals surface area contributed by atoms with Gasteiger partial charge in [0, 0.05) is 0 Å². The van der Waals surface area contributed by atoms with Crippen LogP contribution in [-0.2, 0) is 6.54 Å². The molecule has 0 spiro atoms. The van der Waals surface area contributed by atoms with Crippen molar-refractivity contribution in [3.05, 3.63) is 58.6 Å². The number of hydrogen-bond acceptors (Lipinski definition) is 5. The van der Waals surface area contributed by atoms with Crippen LogP contribution in [0.3, 0.4) is 0 Å². The number of rotatable bonds is 4. The van der Waals surface area contributed by atoms with Crippen LogP contribution in [0.15, 0.2) is 46.1 Å². The summed E-state index contributed by atoms with van der Waals surface area (Å²) in [5, 5.41) is 8.86. The minimum Gasteiger partial charge on any atom is -0.463 e. The summed E-state index contributed by atoms with van der Waals surface area (Å²) in [5.74, 6) is 0.548. The van der Waals surface area contributed by atoms with E-state index in [4.69, 9.17) is 4.42 Å². The van der Waals surface area contributed by atoms with Gasteiger partial charge in [0.15, 0.2) is 0 Å². The minimum absolute atomic E-state index is 0.0184.